The van der Waals surface area contributed by atoms with E-state index in [4.69, 9.17) is 19.9 Å². The van der Waals surface area contributed by atoms with Crippen molar-refractivity contribution in [1.82, 2.24) is 24.5 Å². The molecule has 3 aromatic heterocycles. The number of nitrogens with one attached hydrogen (secondary N) is 1. The van der Waals surface area contributed by atoms with Crippen molar-refractivity contribution in [3.05, 3.63) is 71.0 Å². The minimum atomic E-state index is -1.62. The van der Waals surface area contributed by atoms with Crippen molar-refractivity contribution in [2.75, 3.05) is 6.61 Å². The number of carbonyl (C=O) groups is 1. The van der Waals surface area contributed by atoms with Crippen molar-refractivity contribution < 1.29 is 19.0 Å². The van der Waals surface area contributed by atoms with Gasteiger partial charge in [0.25, 0.3) is 11.5 Å². The fraction of sp³-hybridized carbons (Fsp3) is 0.333. The minimum Gasteiger partial charge on any atom is -0.455 e. The molecule has 2 atom stereocenters. The lowest BCUT2D eigenvalue weighted by Gasteiger charge is -2.25. The second kappa shape index (κ2) is 8.36. The number of hydrogen-bond donors (Lipinski definition) is 2. The number of fused-ring (bicyclic) bond motifs is 1. The minimum absolute atomic E-state index is 0.195. The van der Waals surface area contributed by atoms with Gasteiger partial charge in [0, 0.05) is 29.4 Å². The fourth-order valence-corrected chi connectivity index (χ4v) is 4.18. The standard InChI is InChI=1S/C24H26N6O5/c1-23(2)33-14-16(35-23)13-29-10-8-20(28-29)24(3,22(25)32)30-21(31)11-15(12-27-30)34-19-6-4-5-18-17(19)7-9-26-18/h4-12,16,26H,13-14H2,1-3H3,(H2,25,32). The smallest absolute Gasteiger partial charge is 0.271 e. The van der Waals surface area contributed by atoms with Crippen LogP contribution >= 0.6 is 0 Å². The number of aromatic nitrogens is 5. The first-order chi connectivity index (χ1) is 16.7. The number of amides is 1. The van der Waals surface area contributed by atoms with Gasteiger partial charge in [0.2, 0.25) is 0 Å². The summed E-state index contributed by atoms with van der Waals surface area (Å²) in [4.78, 5) is 28.8. The molecule has 4 heterocycles. The molecule has 11 heteroatoms. The third-order valence-corrected chi connectivity index (χ3v) is 6.06. The highest BCUT2D eigenvalue weighted by molar-refractivity contribution is 5.86. The van der Waals surface area contributed by atoms with Crippen molar-refractivity contribution in [3.8, 4) is 11.5 Å². The van der Waals surface area contributed by atoms with E-state index in [-0.39, 0.29) is 17.5 Å². The number of nitrogens with two attached hydrogens (primary N) is 1. The first-order valence-corrected chi connectivity index (χ1v) is 11.2. The molecule has 0 saturated carbocycles. The zero-order valence-corrected chi connectivity index (χ0v) is 19.6. The van der Waals surface area contributed by atoms with Crippen LogP contribution < -0.4 is 16.0 Å². The summed E-state index contributed by atoms with van der Waals surface area (Å²) in [5.74, 6) is -0.626. The molecule has 182 valence electrons. The van der Waals surface area contributed by atoms with Gasteiger partial charge in [-0.25, -0.2) is 4.68 Å². The maximum absolute atomic E-state index is 13.1. The lowest BCUT2D eigenvalue weighted by molar-refractivity contribution is -0.139. The molecule has 0 bridgehead atoms. The number of nitrogens with zero attached hydrogens (tertiary/aromatic N) is 4. The highest BCUT2D eigenvalue weighted by atomic mass is 16.7. The molecular weight excluding hydrogens is 452 g/mol. The Balaban J connectivity index is 1.42. The van der Waals surface area contributed by atoms with Crippen LogP contribution in [-0.2, 0) is 26.4 Å². The van der Waals surface area contributed by atoms with Crippen molar-refractivity contribution in [2.45, 2.75) is 44.7 Å². The van der Waals surface area contributed by atoms with Crippen LogP contribution in [0.15, 0.2) is 59.8 Å². The molecule has 11 nitrogen and oxygen atoms in total. The van der Waals surface area contributed by atoms with E-state index >= 15 is 0 Å². The van der Waals surface area contributed by atoms with Gasteiger partial charge in [0.1, 0.15) is 11.9 Å². The molecule has 1 aliphatic heterocycles. The van der Waals surface area contributed by atoms with Gasteiger partial charge in [-0.15, -0.1) is 0 Å². The number of rotatable bonds is 7. The van der Waals surface area contributed by atoms with Crippen molar-refractivity contribution >= 4 is 16.8 Å². The topological polar surface area (TPSA) is 139 Å². The van der Waals surface area contributed by atoms with Crippen LogP contribution in [-0.4, -0.2) is 49.0 Å². The molecule has 0 aliphatic carbocycles. The molecule has 35 heavy (non-hydrogen) atoms. The van der Waals surface area contributed by atoms with E-state index in [2.05, 4.69) is 15.2 Å². The predicted octanol–water partition coefficient (Wildman–Crippen LogP) is 2.11. The van der Waals surface area contributed by atoms with Crippen LogP contribution in [0.25, 0.3) is 10.9 Å². The third-order valence-electron chi connectivity index (χ3n) is 6.06. The maximum Gasteiger partial charge on any atom is 0.271 e. The normalized spacial score (nSPS) is 19.0. The van der Waals surface area contributed by atoms with E-state index in [0.29, 0.717) is 18.9 Å². The van der Waals surface area contributed by atoms with Gasteiger partial charge < -0.3 is 24.9 Å². The maximum atomic E-state index is 13.1. The molecule has 1 fully saturated rings. The molecule has 1 aromatic carbocycles. The van der Waals surface area contributed by atoms with Crippen molar-refractivity contribution in [2.24, 2.45) is 5.73 Å². The lowest BCUT2D eigenvalue weighted by atomic mass is 9.97. The average molecular weight is 479 g/mol. The Hall–Kier alpha value is -3.96. The van der Waals surface area contributed by atoms with E-state index in [0.717, 1.165) is 15.6 Å². The third kappa shape index (κ3) is 4.19. The molecular formula is C24H26N6O5. The van der Waals surface area contributed by atoms with Gasteiger partial charge >= 0.3 is 0 Å². The largest absolute Gasteiger partial charge is 0.455 e. The fourth-order valence-electron chi connectivity index (χ4n) is 4.18. The summed E-state index contributed by atoms with van der Waals surface area (Å²) < 4.78 is 20.0. The van der Waals surface area contributed by atoms with Crippen LogP contribution in [0, 0.1) is 0 Å². The average Bonchev–Trinajstić information content (AvgIpc) is 3.54. The first kappa shape index (κ1) is 22.8. The quantitative estimate of drug-likeness (QED) is 0.415. The Morgan fingerprint density at radius 2 is 2.17 bits per heavy atom. The lowest BCUT2D eigenvalue weighted by Crippen LogP contribution is -2.50. The molecule has 2 unspecified atom stereocenters. The first-order valence-electron chi connectivity index (χ1n) is 11.2. The second-order valence-electron chi connectivity index (χ2n) is 9.05. The molecule has 1 amide bonds. The van der Waals surface area contributed by atoms with Crippen LogP contribution in [0.2, 0.25) is 0 Å². The Morgan fingerprint density at radius 3 is 2.89 bits per heavy atom. The summed E-state index contributed by atoms with van der Waals surface area (Å²) in [7, 11) is 0. The van der Waals surface area contributed by atoms with Gasteiger partial charge in [0.15, 0.2) is 17.1 Å². The highest BCUT2D eigenvalue weighted by Gasteiger charge is 2.40. The second-order valence-corrected chi connectivity index (χ2v) is 9.05. The zero-order valence-electron chi connectivity index (χ0n) is 19.6. The van der Waals surface area contributed by atoms with E-state index < -0.39 is 22.8 Å². The summed E-state index contributed by atoms with van der Waals surface area (Å²) in [5, 5.41) is 9.58. The Labute approximate surface area is 200 Å². The van der Waals surface area contributed by atoms with Gasteiger partial charge in [-0.1, -0.05) is 6.07 Å². The van der Waals surface area contributed by atoms with Crippen LogP contribution in [0.5, 0.6) is 11.5 Å². The van der Waals surface area contributed by atoms with E-state index in [1.165, 1.54) is 19.2 Å². The van der Waals surface area contributed by atoms with Crippen molar-refractivity contribution in [3.63, 3.8) is 0 Å². The summed E-state index contributed by atoms with van der Waals surface area (Å²) in [6.45, 7) is 6.04. The Morgan fingerprint density at radius 1 is 1.34 bits per heavy atom. The van der Waals surface area contributed by atoms with E-state index in [1.54, 1.807) is 29.2 Å². The Bertz CT molecular complexity index is 1450. The number of H-pyrrole nitrogens is 1. The number of aromatic amines is 1. The summed E-state index contributed by atoms with van der Waals surface area (Å²) in [6, 6.07) is 10.3. The summed E-state index contributed by atoms with van der Waals surface area (Å²) in [5.41, 5.74) is 4.76. The molecule has 0 spiro atoms. The van der Waals surface area contributed by atoms with Gasteiger partial charge in [-0.2, -0.15) is 10.2 Å². The number of benzene rings is 1. The van der Waals surface area contributed by atoms with Gasteiger partial charge in [-0.3, -0.25) is 14.3 Å². The molecule has 3 N–H and O–H groups in total. The predicted molar refractivity (Wildman–Crippen MR) is 126 cm³/mol. The van der Waals surface area contributed by atoms with Crippen LogP contribution in [0.4, 0.5) is 0 Å². The summed E-state index contributed by atoms with van der Waals surface area (Å²) in [6.07, 6.45) is 4.68. The van der Waals surface area contributed by atoms with Crippen molar-refractivity contribution in [1.29, 1.82) is 0 Å². The Kier molecular flexibility index (Phi) is 5.45. The molecule has 0 radical (unpaired) electrons. The zero-order chi connectivity index (χ0) is 24.8. The molecule has 1 aliphatic rings. The molecule has 4 aromatic rings. The summed E-state index contributed by atoms with van der Waals surface area (Å²) >= 11 is 0. The van der Waals surface area contributed by atoms with E-state index in [9.17, 15) is 9.59 Å². The highest BCUT2D eigenvalue weighted by Crippen LogP contribution is 2.29. The van der Waals surface area contributed by atoms with Gasteiger partial charge in [0.05, 0.1) is 25.0 Å². The SMILES string of the molecule is CC1(C)OCC(Cn2ccc(C(C)(C(N)=O)n3ncc(Oc4cccc5[nH]ccc45)cc3=O)n2)O1. The number of ether oxygens (including phenoxy) is 3. The number of primary amides is 1. The van der Waals surface area contributed by atoms with E-state index in [1.807, 2.05) is 32.0 Å². The molecule has 5 rings (SSSR count). The van der Waals surface area contributed by atoms with Crippen LogP contribution in [0.1, 0.15) is 26.5 Å². The number of carbonyl (C=O) groups excluding carboxylic acids is 1. The number of hydrogen-bond acceptors (Lipinski definition) is 7. The van der Waals surface area contributed by atoms with Crippen LogP contribution in [0.3, 0.4) is 0 Å². The monoisotopic (exact) mass is 478 g/mol. The molecule has 1 saturated heterocycles. The van der Waals surface area contributed by atoms with Gasteiger partial charge in [-0.05, 0) is 45.0 Å².